The van der Waals surface area contributed by atoms with Gasteiger partial charge in [0.2, 0.25) is 0 Å². The molecule has 0 unspecified atom stereocenters. The van der Waals surface area contributed by atoms with Crippen molar-refractivity contribution in [3.63, 3.8) is 0 Å². The van der Waals surface area contributed by atoms with Gasteiger partial charge in [0.25, 0.3) is 11.6 Å². The Bertz CT molecular complexity index is 900. The molecule has 3 rings (SSSR count). The fourth-order valence-corrected chi connectivity index (χ4v) is 3.40. The van der Waals surface area contributed by atoms with Crippen molar-refractivity contribution in [2.45, 2.75) is 12.8 Å². The lowest BCUT2D eigenvalue weighted by Gasteiger charge is -2.22. The van der Waals surface area contributed by atoms with Gasteiger partial charge in [0.1, 0.15) is 0 Å². The van der Waals surface area contributed by atoms with Gasteiger partial charge in [0, 0.05) is 25.2 Å². The molecule has 2 aromatic rings. The minimum absolute atomic E-state index is 0.0121. The topological polar surface area (TPSA) is 87.5 Å². The van der Waals surface area contributed by atoms with E-state index in [1.807, 2.05) is 24.3 Å². The van der Waals surface area contributed by atoms with E-state index in [0.717, 1.165) is 43.4 Å². The number of rotatable bonds is 4. The molecule has 0 atom stereocenters. The summed E-state index contributed by atoms with van der Waals surface area (Å²) in [7, 11) is 0. The second kappa shape index (κ2) is 8.32. The van der Waals surface area contributed by atoms with Crippen molar-refractivity contribution in [1.29, 1.82) is 0 Å². The molecular formula is C18H17ClN4O3S. The van der Waals surface area contributed by atoms with E-state index in [-0.39, 0.29) is 21.4 Å². The highest BCUT2D eigenvalue weighted by Crippen LogP contribution is 2.28. The van der Waals surface area contributed by atoms with Crippen LogP contribution in [0.3, 0.4) is 0 Å². The molecule has 0 aromatic heterocycles. The fourth-order valence-electron chi connectivity index (χ4n) is 2.94. The van der Waals surface area contributed by atoms with Gasteiger partial charge in [-0.1, -0.05) is 23.7 Å². The zero-order chi connectivity index (χ0) is 19.4. The van der Waals surface area contributed by atoms with E-state index in [1.165, 1.54) is 12.1 Å². The van der Waals surface area contributed by atoms with Crippen molar-refractivity contribution in [3.05, 3.63) is 63.2 Å². The zero-order valence-electron chi connectivity index (χ0n) is 14.3. The number of halogens is 1. The van der Waals surface area contributed by atoms with Crippen molar-refractivity contribution in [2.24, 2.45) is 0 Å². The second-order valence-electron chi connectivity index (χ2n) is 6.04. The molecule has 0 saturated carbocycles. The highest BCUT2D eigenvalue weighted by Gasteiger charge is 2.18. The Labute approximate surface area is 166 Å². The van der Waals surface area contributed by atoms with Gasteiger partial charge in [0.15, 0.2) is 5.11 Å². The molecule has 0 spiro atoms. The van der Waals surface area contributed by atoms with Crippen LogP contribution in [0, 0.1) is 10.1 Å². The monoisotopic (exact) mass is 404 g/mol. The molecule has 1 amide bonds. The van der Waals surface area contributed by atoms with E-state index >= 15 is 0 Å². The van der Waals surface area contributed by atoms with E-state index in [9.17, 15) is 14.9 Å². The quantitative estimate of drug-likeness (QED) is 0.455. The average Bonchev–Trinajstić information content (AvgIpc) is 3.16. The first-order valence-electron chi connectivity index (χ1n) is 8.36. The van der Waals surface area contributed by atoms with Crippen LogP contribution in [0.15, 0.2) is 42.5 Å². The summed E-state index contributed by atoms with van der Waals surface area (Å²) in [6, 6.07) is 11.4. The first-order chi connectivity index (χ1) is 13.0. The van der Waals surface area contributed by atoms with Crippen molar-refractivity contribution in [3.8, 4) is 0 Å². The van der Waals surface area contributed by atoms with Crippen molar-refractivity contribution in [2.75, 3.05) is 23.3 Å². The Morgan fingerprint density at radius 1 is 1.19 bits per heavy atom. The summed E-state index contributed by atoms with van der Waals surface area (Å²) in [5.41, 5.74) is 1.76. The highest BCUT2D eigenvalue weighted by molar-refractivity contribution is 7.80. The van der Waals surface area contributed by atoms with Crippen LogP contribution in [0.5, 0.6) is 0 Å². The minimum atomic E-state index is -0.574. The largest absolute Gasteiger partial charge is 0.370 e. The normalized spacial score (nSPS) is 13.3. The molecule has 1 aliphatic heterocycles. The first-order valence-corrected chi connectivity index (χ1v) is 9.14. The maximum Gasteiger partial charge on any atom is 0.270 e. The zero-order valence-corrected chi connectivity index (χ0v) is 15.8. The number of carbonyl (C=O) groups excluding carboxylic acids is 1. The lowest BCUT2D eigenvalue weighted by molar-refractivity contribution is -0.384. The van der Waals surface area contributed by atoms with Gasteiger partial charge in [-0.15, -0.1) is 0 Å². The number of nitro groups is 1. The standard InChI is InChI=1S/C18H17ClN4O3S/c19-14-11-12(23(25)26)7-8-13(14)17(24)21-18(27)20-15-5-1-2-6-16(15)22-9-3-4-10-22/h1-2,5-8,11H,3-4,9-10H2,(H2,20,21,24,27). The predicted molar refractivity (Wildman–Crippen MR) is 110 cm³/mol. The van der Waals surface area contributed by atoms with Gasteiger partial charge in [0.05, 0.1) is 26.9 Å². The number of amides is 1. The Kier molecular flexibility index (Phi) is 5.88. The number of hydrogen-bond donors (Lipinski definition) is 2. The third-order valence-electron chi connectivity index (χ3n) is 4.23. The predicted octanol–water partition coefficient (Wildman–Crippen LogP) is 3.98. The second-order valence-corrected chi connectivity index (χ2v) is 6.86. The van der Waals surface area contributed by atoms with Gasteiger partial charge < -0.3 is 10.2 Å². The van der Waals surface area contributed by atoms with Gasteiger partial charge in [-0.2, -0.15) is 0 Å². The van der Waals surface area contributed by atoms with E-state index < -0.39 is 10.8 Å². The number of nitro benzene ring substituents is 1. The summed E-state index contributed by atoms with van der Waals surface area (Å²) >= 11 is 11.2. The van der Waals surface area contributed by atoms with Crippen LogP contribution < -0.4 is 15.5 Å². The number of para-hydroxylation sites is 2. The lowest BCUT2D eigenvalue weighted by Crippen LogP contribution is -2.34. The first kappa shape index (κ1) is 19.1. The number of carbonyl (C=O) groups is 1. The van der Waals surface area contributed by atoms with Crippen molar-refractivity contribution < 1.29 is 9.72 Å². The number of hydrogen-bond acceptors (Lipinski definition) is 5. The third kappa shape index (κ3) is 4.53. The number of thiocarbonyl (C=S) groups is 1. The molecule has 0 radical (unpaired) electrons. The van der Waals surface area contributed by atoms with E-state index in [1.54, 1.807) is 0 Å². The Morgan fingerprint density at radius 2 is 1.89 bits per heavy atom. The van der Waals surface area contributed by atoms with Crippen molar-refractivity contribution >= 4 is 51.9 Å². The van der Waals surface area contributed by atoms with Gasteiger partial charge in [-0.3, -0.25) is 20.2 Å². The fraction of sp³-hybridized carbons (Fsp3) is 0.222. The molecule has 0 bridgehead atoms. The lowest BCUT2D eigenvalue weighted by atomic mass is 10.2. The maximum absolute atomic E-state index is 12.4. The van der Waals surface area contributed by atoms with Gasteiger partial charge in [-0.05, 0) is 43.3 Å². The molecule has 1 saturated heterocycles. The SMILES string of the molecule is O=C(NC(=S)Nc1ccccc1N1CCCC1)c1ccc([N+](=O)[O-])cc1Cl. The molecule has 1 aliphatic rings. The Morgan fingerprint density at radius 3 is 2.56 bits per heavy atom. The molecule has 27 heavy (non-hydrogen) atoms. The molecule has 1 heterocycles. The number of anilines is 2. The Hall–Kier alpha value is -2.71. The molecule has 0 aliphatic carbocycles. The number of non-ortho nitro benzene ring substituents is 1. The van der Waals surface area contributed by atoms with E-state index in [4.69, 9.17) is 23.8 Å². The van der Waals surface area contributed by atoms with Gasteiger partial charge in [-0.25, -0.2) is 0 Å². The number of benzene rings is 2. The average molecular weight is 405 g/mol. The van der Waals surface area contributed by atoms with Crippen LogP contribution in [0.4, 0.5) is 17.1 Å². The smallest absolute Gasteiger partial charge is 0.270 e. The molecule has 1 fully saturated rings. The van der Waals surface area contributed by atoms with E-state index in [2.05, 4.69) is 15.5 Å². The summed E-state index contributed by atoms with van der Waals surface area (Å²) in [5, 5.41) is 16.5. The summed E-state index contributed by atoms with van der Waals surface area (Å²) in [6.45, 7) is 1.96. The van der Waals surface area contributed by atoms with Crippen LogP contribution in [0.1, 0.15) is 23.2 Å². The molecule has 140 valence electrons. The molecule has 7 nitrogen and oxygen atoms in total. The number of nitrogens with one attached hydrogen (secondary N) is 2. The summed E-state index contributed by atoms with van der Waals surface area (Å²) in [5.74, 6) is -0.536. The molecule has 2 N–H and O–H groups in total. The maximum atomic E-state index is 12.4. The van der Waals surface area contributed by atoms with Crippen LogP contribution in [0.2, 0.25) is 5.02 Å². The highest BCUT2D eigenvalue weighted by atomic mass is 35.5. The van der Waals surface area contributed by atoms with Crippen LogP contribution in [-0.2, 0) is 0 Å². The minimum Gasteiger partial charge on any atom is -0.370 e. The Balaban J connectivity index is 1.69. The summed E-state index contributed by atoms with van der Waals surface area (Å²) in [6.07, 6.45) is 2.29. The molecule has 2 aromatic carbocycles. The van der Waals surface area contributed by atoms with Crippen molar-refractivity contribution in [1.82, 2.24) is 5.32 Å². The molecule has 9 heteroatoms. The van der Waals surface area contributed by atoms with Crippen LogP contribution in [0.25, 0.3) is 0 Å². The van der Waals surface area contributed by atoms with Crippen LogP contribution >= 0.6 is 23.8 Å². The molecular weight excluding hydrogens is 388 g/mol. The summed E-state index contributed by atoms with van der Waals surface area (Å²) < 4.78 is 0. The number of nitrogens with zero attached hydrogens (tertiary/aromatic N) is 2. The van der Waals surface area contributed by atoms with Gasteiger partial charge >= 0.3 is 0 Å². The van der Waals surface area contributed by atoms with Crippen LogP contribution in [-0.4, -0.2) is 29.0 Å². The third-order valence-corrected chi connectivity index (χ3v) is 4.75. The van der Waals surface area contributed by atoms with E-state index in [0.29, 0.717) is 0 Å². The summed E-state index contributed by atoms with van der Waals surface area (Å²) in [4.78, 5) is 24.8.